The molecular weight excluding hydrogens is 242 g/mol. The Hall–Kier alpha value is -1.37. The Morgan fingerprint density at radius 2 is 2.29 bits per heavy atom. The minimum absolute atomic E-state index is 0.0323. The molecule has 0 aromatic carbocycles. The van der Waals surface area contributed by atoms with Crippen LogP contribution in [0.1, 0.15) is 22.6 Å². The standard InChI is InChI=1S/C10H15N3O3S/c1-7-5-9(12-13(7)2)10(14)11-8-3-4-17(15,16)6-8/h5,8H,3-4,6H2,1-2H3,(H,11,14)/t8-/m1/s1. The van der Waals surface area contributed by atoms with Crippen LogP contribution in [0.5, 0.6) is 0 Å². The zero-order chi connectivity index (χ0) is 12.6. The number of sulfone groups is 1. The number of hydrogen-bond donors (Lipinski definition) is 1. The largest absolute Gasteiger partial charge is 0.347 e. The molecule has 0 saturated carbocycles. The lowest BCUT2D eigenvalue weighted by Gasteiger charge is -2.08. The van der Waals surface area contributed by atoms with Gasteiger partial charge < -0.3 is 5.32 Å². The average molecular weight is 257 g/mol. The second-order valence-electron chi connectivity index (χ2n) is 4.37. The molecule has 1 amide bonds. The maximum atomic E-state index is 11.8. The first-order valence-corrected chi connectivity index (χ1v) is 7.21. The van der Waals surface area contributed by atoms with Crippen molar-refractivity contribution >= 4 is 15.7 Å². The van der Waals surface area contributed by atoms with Gasteiger partial charge in [-0.1, -0.05) is 0 Å². The highest BCUT2D eigenvalue weighted by atomic mass is 32.2. The molecule has 2 rings (SSSR count). The van der Waals surface area contributed by atoms with Crippen LogP contribution in [-0.4, -0.2) is 41.7 Å². The fourth-order valence-corrected chi connectivity index (χ4v) is 3.51. The highest BCUT2D eigenvalue weighted by Crippen LogP contribution is 2.12. The van der Waals surface area contributed by atoms with Gasteiger partial charge in [-0.2, -0.15) is 5.10 Å². The van der Waals surface area contributed by atoms with Gasteiger partial charge in [-0.05, 0) is 19.4 Å². The van der Waals surface area contributed by atoms with E-state index in [-0.39, 0.29) is 23.5 Å². The van der Waals surface area contributed by atoms with E-state index in [9.17, 15) is 13.2 Å². The van der Waals surface area contributed by atoms with Gasteiger partial charge in [0.15, 0.2) is 9.84 Å². The van der Waals surface area contributed by atoms with Crippen LogP contribution in [-0.2, 0) is 16.9 Å². The summed E-state index contributed by atoms with van der Waals surface area (Å²) in [5.74, 6) is -0.125. The predicted octanol–water partition coefficient (Wildman–Crippen LogP) is -0.355. The molecule has 0 aliphatic carbocycles. The molecule has 1 saturated heterocycles. The van der Waals surface area contributed by atoms with Crippen LogP contribution >= 0.6 is 0 Å². The first-order valence-electron chi connectivity index (χ1n) is 5.39. The summed E-state index contributed by atoms with van der Waals surface area (Å²) in [6.45, 7) is 1.85. The summed E-state index contributed by atoms with van der Waals surface area (Å²) in [6.07, 6.45) is 0.486. The first-order chi connectivity index (χ1) is 7.87. The zero-order valence-corrected chi connectivity index (χ0v) is 10.6. The number of aryl methyl sites for hydroxylation is 2. The van der Waals surface area contributed by atoms with E-state index < -0.39 is 9.84 Å². The Morgan fingerprint density at radius 1 is 1.59 bits per heavy atom. The van der Waals surface area contributed by atoms with Crippen LogP contribution in [0.25, 0.3) is 0 Å². The molecule has 1 N–H and O–H groups in total. The van der Waals surface area contributed by atoms with Crippen molar-refractivity contribution in [1.29, 1.82) is 0 Å². The lowest BCUT2D eigenvalue weighted by Crippen LogP contribution is -2.35. The van der Waals surface area contributed by atoms with E-state index in [1.807, 2.05) is 6.92 Å². The van der Waals surface area contributed by atoms with Crippen LogP contribution < -0.4 is 5.32 Å². The molecule has 2 heterocycles. The number of hydrogen-bond acceptors (Lipinski definition) is 4. The van der Waals surface area contributed by atoms with E-state index in [1.54, 1.807) is 17.8 Å². The van der Waals surface area contributed by atoms with Crippen LogP contribution in [0.2, 0.25) is 0 Å². The number of aromatic nitrogens is 2. The number of nitrogens with zero attached hydrogens (tertiary/aromatic N) is 2. The predicted molar refractivity (Wildman–Crippen MR) is 62.5 cm³/mol. The molecule has 1 fully saturated rings. The zero-order valence-electron chi connectivity index (χ0n) is 9.80. The summed E-state index contributed by atoms with van der Waals surface area (Å²) in [6, 6.07) is 1.40. The summed E-state index contributed by atoms with van der Waals surface area (Å²) in [5, 5.41) is 6.74. The Bertz CT molecular complexity index is 528. The molecule has 6 nitrogen and oxygen atoms in total. The Balaban J connectivity index is 2.03. The molecule has 1 aromatic heterocycles. The highest BCUT2D eigenvalue weighted by molar-refractivity contribution is 7.91. The van der Waals surface area contributed by atoms with E-state index >= 15 is 0 Å². The van der Waals surface area contributed by atoms with E-state index in [2.05, 4.69) is 10.4 Å². The second-order valence-corrected chi connectivity index (χ2v) is 6.60. The number of rotatable bonds is 2. The Morgan fingerprint density at radius 3 is 2.76 bits per heavy atom. The van der Waals surface area contributed by atoms with Crippen LogP contribution in [0.3, 0.4) is 0 Å². The van der Waals surface area contributed by atoms with Crippen LogP contribution in [0.15, 0.2) is 6.07 Å². The number of nitrogens with one attached hydrogen (secondary N) is 1. The number of amides is 1. The van der Waals surface area contributed by atoms with Crippen molar-refractivity contribution in [2.45, 2.75) is 19.4 Å². The summed E-state index contributed by atoms with van der Waals surface area (Å²) >= 11 is 0. The van der Waals surface area contributed by atoms with E-state index in [1.165, 1.54) is 0 Å². The first kappa shape index (κ1) is 12.1. The fourth-order valence-electron chi connectivity index (χ4n) is 1.84. The van der Waals surface area contributed by atoms with Gasteiger partial charge in [-0.3, -0.25) is 9.48 Å². The summed E-state index contributed by atoms with van der Waals surface area (Å²) in [7, 11) is -1.21. The summed E-state index contributed by atoms with van der Waals surface area (Å²) in [5.41, 5.74) is 1.21. The highest BCUT2D eigenvalue weighted by Gasteiger charge is 2.29. The van der Waals surface area contributed by atoms with E-state index in [0.29, 0.717) is 12.1 Å². The molecule has 17 heavy (non-hydrogen) atoms. The molecule has 1 atom stereocenters. The minimum atomic E-state index is -2.97. The third-order valence-corrected chi connectivity index (χ3v) is 4.68. The molecule has 7 heteroatoms. The fraction of sp³-hybridized carbons (Fsp3) is 0.600. The SMILES string of the molecule is Cc1cc(C(=O)N[C@@H]2CCS(=O)(=O)C2)nn1C. The third kappa shape index (κ3) is 2.66. The second kappa shape index (κ2) is 4.14. The van der Waals surface area contributed by atoms with Crippen molar-refractivity contribution in [3.63, 3.8) is 0 Å². The Kier molecular flexibility index (Phi) is 2.94. The Labute approximate surface area is 99.9 Å². The average Bonchev–Trinajstić information content (AvgIpc) is 2.71. The lowest BCUT2D eigenvalue weighted by molar-refractivity contribution is 0.0935. The van der Waals surface area contributed by atoms with Gasteiger partial charge in [0.25, 0.3) is 5.91 Å². The topological polar surface area (TPSA) is 81.1 Å². The molecule has 1 aliphatic rings. The van der Waals surface area contributed by atoms with Gasteiger partial charge in [0.1, 0.15) is 5.69 Å². The van der Waals surface area contributed by atoms with Gasteiger partial charge in [0, 0.05) is 18.8 Å². The lowest BCUT2D eigenvalue weighted by atomic mass is 10.2. The molecule has 1 aliphatic heterocycles. The monoisotopic (exact) mass is 257 g/mol. The van der Waals surface area contributed by atoms with Gasteiger partial charge >= 0.3 is 0 Å². The molecule has 94 valence electrons. The molecule has 0 bridgehead atoms. The molecular formula is C10H15N3O3S. The van der Waals surface area contributed by atoms with Crippen molar-refractivity contribution in [3.05, 3.63) is 17.5 Å². The van der Waals surface area contributed by atoms with Gasteiger partial charge in [-0.15, -0.1) is 0 Å². The van der Waals surface area contributed by atoms with Crippen LogP contribution in [0, 0.1) is 6.92 Å². The molecule has 1 aromatic rings. The summed E-state index contributed by atoms with van der Waals surface area (Å²) < 4.78 is 24.1. The number of carbonyl (C=O) groups excluding carboxylic acids is 1. The maximum absolute atomic E-state index is 11.8. The maximum Gasteiger partial charge on any atom is 0.272 e. The van der Waals surface area contributed by atoms with E-state index in [4.69, 9.17) is 0 Å². The van der Waals surface area contributed by atoms with Crippen molar-refractivity contribution in [3.8, 4) is 0 Å². The summed E-state index contributed by atoms with van der Waals surface area (Å²) in [4.78, 5) is 11.8. The van der Waals surface area contributed by atoms with Gasteiger partial charge in [0.2, 0.25) is 0 Å². The van der Waals surface area contributed by atoms with Crippen molar-refractivity contribution < 1.29 is 13.2 Å². The molecule has 0 radical (unpaired) electrons. The van der Waals surface area contributed by atoms with Crippen LogP contribution in [0.4, 0.5) is 0 Å². The third-order valence-electron chi connectivity index (χ3n) is 2.91. The van der Waals surface area contributed by atoms with Crippen molar-refractivity contribution in [2.75, 3.05) is 11.5 Å². The normalized spacial score (nSPS) is 22.6. The van der Waals surface area contributed by atoms with E-state index in [0.717, 1.165) is 5.69 Å². The van der Waals surface area contributed by atoms with Crippen molar-refractivity contribution in [2.24, 2.45) is 7.05 Å². The minimum Gasteiger partial charge on any atom is -0.347 e. The van der Waals surface area contributed by atoms with Gasteiger partial charge in [0.05, 0.1) is 11.5 Å². The molecule has 0 unspecified atom stereocenters. The smallest absolute Gasteiger partial charge is 0.272 e. The quantitative estimate of drug-likeness (QED) is 0.785. The van der Waals surface area contributed by atoms with Crippen molar-refractivity contribution in [1.82, 2.24) is 15.1 Å². The molecule has 0 spiro atoms. The van der Waals surface area contributed by atoms with Gasteiger partial charge in [-0.25, -0.2) is 8.42 Å². The number of carbonyl (C=O) groups is 1.